The van der Waals surface area contributed by atoms with Crippen molar-refractivity contribution < 1.29 is 14.0 Å². The molecule has 0 aliphatic heterocycles. The smallest absolute Gasteiger partial charge is 0.333 e. The molecule has 2 aromatic rings. The summed E-state index contributed by atoms with van der Waals surface area (Å²) in [4.78, 5) is 0. The van der Waals surface area contributed by atoms with Gasteiger partial charge in [-0.05, 0) is 13.0 Å². The molecule has 0 saturated carbocycles. The van der Waals surface area contributed by atoms with Gasteiger partial charge in [0.15, 0.2) is 0 Å². The van der Waals surface area contributed by atoms with Gasteiger partial charge < -0.3 is 5.21 Å². The van der Waals surface area contributed by atoms with Gasteiger partial charge in [-0.1, -0.05) is 23.4 Å². The predicted octanol–water partition coefficient (Wildman–Crippen LogP) is 2.63. The molecule has 0 atom stereocenters. The standard InChI is InChI=1S/C10H9F2N3O/c1-6(14-16)9-7-4-2-3-5-8(7)15(13-9)10(11)12/h2-5,10,16H,1H3/b14-6-. The molecular weight excluding hydrogens is 216 g/mol. The Morgan fingerprint density at radius 1 is 1.44 bits per heavy atom. The second-order valence-electron chi connectivity index (χ2n) is 3.27. The third kappa shape index (κ3) is 1.52. The number of benzene rings is 1. The lowest BCUT2D eigenvalue weighted by atomic mass is 10.1. The monoisotopic (exact) mass is 225 g/mol. The molecule has 16 heavy (non-hydrogen) atoms. The molecule has 0 aliphatic rings. The average Bonchev–Trinajstić information content (AvgIpc) is 2.67. The Balaban J connectivity index is 2.77. The van der Waals surface area contributed by atoms with Gasteiger partial charge in [-0.3, -0.25) is 0 Å². The zero-order valence-electron chi connectivity index (χ0n) is 8.43. The van der Waals surface area contributed by atoms with Crippen LogP contribution >= 0.6 is 0 Å². The van der Waals surface area contributed by atoms with Crippen molar-refractivity contribution in [1.82, 2.24) is 9.78 Å². The number of halogens is 2. The van der Waals surface area contributed by atoms with Gasteiger partial charge in [0.25, 0.3) is 0 Å². The number of nitrogens with zero attached hydrogens (tertiary/aromatic N) is 3. The summed E-state index contributed by atoms with van der Waals surface area (Å²) >= 11 is 0. The zero-order valence-corrected chi connectivity index (χ0v) is 8.43. The quantitative estimate of drug-likeness (QED) is 0.485. The van der Waals surface area contributed by atoms with Gasteiger partial charge in [0.2, 0.25) is 0 Å². The molecule has 0 saturated heterocycles. The molecule has 0 spiro atoms. The van der Waals surface area contributed by atoms with E-state index in [1.165, 1.54) is 6.92 Å². The van der Waals surface area contributed by atoms with Crippen LogP contribution in [0.3, 0.4) is 0 Å². The fraction of sp³-hybridized carbons (Fsp3) is 0.200. The van der Waals surface area contributed by atoms with Gasteiger partial charge in [-0.15, -0.1) is 0 Å². The molecule has 1 aromatic heterocycles. The van der Waals surface area contributed by atoms with Crippen LogP contribution in [0.1, 0.15) is 19.2 Å². The van der Waals surface area contributed by atoms with Crippen LogP contribution in [0.2, 0.25) is 0 Å². The molecular formula is C10H9F2N3O. The Kier molecular flexibility index (Phi) is 2.55. The number of rotatable bonds is 2. The molecule has 1 N–H and O–H groups in total. The van der Waals surface area contributed by atoms with Crippen molar-refractivity contribution in [3.05, 3.63) is 30.0 Å². The number of hydrogen-bond donors (Lipinski definition) is 1. The maximum atomic E-state index is 12.7. The first-order valence-corrected chi connectivity index (χ1v) is 4.59. The van der Waals surface area contributed by atoms with Crippen molar-refractivity contribution in [1.29, 1.82) is 0 Å². The molecule has 0 fully saturated rings. The Hall–Kier alpha value is -1.98. The van der Waals surface area contributed by atoms with Crippen molar-refractivity contribution in [3.8, 4) is 0 Å². The SMILES string of the molecule is C/C(=N/O)c1nn(C(F)F)c2ccccc12. The van der Waals surface area contributed by atoms with Gasteiger partial charge in [0, 0.05) is 5.39 Å². The van der Waals surface area contributed by atoms with Crippen LogP contribution < -0.4 is 0 Å². The van der Waals surface area contributed by atoms with Crippen molar-refractivity contribution >= 4 is 16.6 Å². The largest absolute Gasteiger partial charge is 0.411 e. The third-order valence-electron chi connectivity index (χ3n) is 2.29. The highest BCUT2D eigenvalue weighted by atomic mass is 19.3. The highest BCUT2D eigenvalue weighted by molar-refractivity contribution is 6.07. The summed E-state index contributed by atoms with van der Waals surface area (Å²) in [6.45, 7) is -1.21. The summed E-state index contributed by atoms with van der Waals surface area (Å²) in [5.74, 6) is 0. The van der Waals surface area contributed by atoms with E-state index in [0.29, 0.717) is 15.6 Å². The van der Waals surface area contributed by atoms with Gasteiger partial charge in [0.1, 0.15) is 11.4 Å². The minimum atomic E-state index is -2.72. The topological polar surface area (TPSA) is 50.4 Å². The van der Waals surface area contributed by atoms with Crippen molar-refractivity contribution in [2.45, 2.75) is 13.5 Å². The average molecular weight is 225 g/mol. The van der Waals surface area contributed by atoms with Crippen LogP contribution in [0.4, 0.5) is 8.78 Å². The fourth-order valence-corrected chi connectivity index (χ4v) is 1.55. The predicted molar refractivity (Wildman–Crippen MR) is 55.0 cm³/mol. The van der Waals surface area contributed by atoms with E-state index in [0.717, 1.165) is 0 Å². The second kappa shape index (κ2) is 3.88. The Bertz CT molecular complexity index is 548. The van der Waals surface area contributed by atoms with Crippen molar-refractivity contribution in [3.63, 3.8) is 0 Å². The van der Waals surface area contributed by atoms with E-state index in [1.54, 1.807) is 24.3 Å². The fourth-order valence-electron chi connectivity index (χ4n) is 1.55. The van der Waals surface area contributed by atoms with E-state index in [1.807, 2.05) is 0 Å². The normalized spacial score (nSPS) is 12.6. The molecule has 0 unspecified atom stereocenters. The maximum absolute atomic E-state index is 12.7. The molecule has 0 radical (unpaired) electrons. The third-order valence-corrected chi connectivity index (χ3v) is 2.29. The highest BCUT2D eigenvalue weighted by Crippen LogP contribution is 2.23. The minimum Gasteiger partial charge on any atom is -0.411 e. The van der Waals surface area contributed by atoms with E-state index in [2.05, 4.69) is 10.3 Å². The minimum absolute atomic E-state index is 0.204. The first-order chi connectivity index (χ1) is 7.65. The molecule has 4 nitrogen and oxygen atoms in total. The number of para-hydroxylation sites is 1. The summed E-state index contributed by atoms with van der Waals surface area (Å²) in [6.07, 6.45) is 0. The Labute approximate surface area is 89.8 Å². The van der Waals surface area contributed by atoms with Crippen molar-refractivity contribution in [2.75, 3.05) is 0 Å². The van der Waals surface area contributed by atoms with E-state index < -0.39 is 6.55 Å². The number of alkyl halides is 2. The van der Waals surface area contributed by atoms with Crippen LogP contribution in [0, 0.1) is 0 Å². The Morgan fingerprint density at radius 3 is 2.75 bits per heavy atom. The van der Waals surface area contributed by atoms with Crippen LogP contribution in [0.25, 0.3) is 10.9 Å². The zero-order chi connectivity index (χ0) is 11.7. The lowest BCUT2D eigenvalue weighted by Crippen LogP contribution is -2.02. The van der Waals surface area contributed by atoms with E-state index in [4.69, 9.17) is 5.21 Å². The molecule has 0 aliphatic carbocycles. The molecule has 1 heterocycles. The van der Waals surface area contributed by atoms with E-state index in [-0.39, 0.29) is 11.4 Å². The molecule has 84 valence electrons. The molecule has 1 aromatic carbocycles. The van der Waals surface area contributed by atoms with E-state index >= 15 is 0 Å². The van der Waals surface area contributed by atoms with E-state index in [9.17, 15) is 8.78 Å². The van der Waals surface area contributed by atoms with Crippen LogP contribution in [-0.2, 0) is 0 Å². The summed E-state index contributed by atoms with van der Waals surface area (Å²) < 4.78 is 26.0. The summed E-state index contributed by atoms with van der Waals surface area (Å²) in [5.41, 5.74) is 0.782. The number of aromatic nitrogens is 2. The van der Waals surface area contributed by atoms with Gasteiger partial charge in [-0.2, -0.15) is 13.9 Å². The summed E-state index contributed by atoms with van der Waals surface area (Å²) in [5, 5.41) is 15.9. The first kappa shape index (κ1) is 10.5. The molecule has 2 rings (SSSR count). The van der Waals surface area contributed by atoms with Crippen molar-refractivity contribution in [2.24, 2.45) is 5.16 Å². The summed E-state index contributed by atoms with van der Waals surface area (Å²) in [6, 6.07) is 6.57. The van der Waals surface area contributed by atoms with Gasteiger partial charge in [0.05, 0.1) is 5.52 Å². The lowest BCUT2D eigenvalue weighted by Gasteiger charge is -1.99. The summed E-state index contributed by atoms with van der Waals surface area (Å²) in [7, 11) is 0. The Morgan fingerprint density at radius 2 is 2.12 bits per heavy atom. The number of fused-ring (bicyclic) bond motifs is 1. The second-order valence-corrected chi connectivity index (χ2v) is 3.27. The number of oxime groups is 1. The van der Waals surface area contributed by atoms with Crippen LogP contribution in [0.5, 0.6) is 0 Å². The van der Waals surface area contributed by atoms with Gasteiger partial charge in [-0.25, -0.2) is 4.68 Å². The van der Waals surface area contributed by atoms with Gasteiger partial charge >= 0.3 is 6.55 Å². The first-order valence-electron chi connectivity index (χ1n) is 4.59. The lowest BCUT2D eigenvalue weighted by molar-refractivity contribution is 0.0614. The molecule has 0 bridgehead atoms. The molecule has 0 amide bonds. The van der Waals surface area contributed by atoms with Crippen LogP contribution in [-0.4, -0.2) is 20.7 Å². The highest BCUT2D eigenvalue weighted by Gasteiger charge is 2.17. The van der Waals surface area contributed by atoms with Crippen LogP contribution in [0.15, 0.2) is 29.4 Å². The molecule has 6 heteroatoms. The maximum Gasteiger partial charge on any atom is 0.333 e. The number of hydrogen-bond acceptors (Lipinski definition) is 3.